The maximum atomic E-state index is 12.8. The minimum absolute atomic E-state index is 0.106. The largest absolute Gasteiger partial charge is 0.461 e. The number of aromatic nitrogens is 4. The van der Waals surface area contributed by atoms with Crippen LogP contribution in [0.4, 0.5) is 0 Å². The Bertz CT molecular complexity index is 1180. The second-order valence-electron chi connectivity index (χ2n) is 6.28. The van der Waals surface area contributed by atoms with Crippen LogP contribution in [-0.2, 0) is 11.3 Å². The topological polar surface area (TPSA) is 97.6 Å². The van der Waals surface area contributed by atoms with Crippen LogP contribution in [0.5, 0.6) is 0 Å². The van der Waals surface area contributed by atoms with E-state index in [2.05, 4.69) is 21.3 Å². The summed E-state index contributed by atoms with van der Waals surface area (Å²) >= 11 is 2.59. The van der Waals surface area contributed by atoms with E-state index in [-0.39, 0.29) is 11.5 Å². The molecule has 0 aliphatic rings. The number of carbonyl (C=O) groups excluding carboxylic acids is 1. The maximum absolute atomic E-state index is 12.8. The minimum atomic E-state index is -0.900. The first-order chi connectivity index (χ1) is 14.7. The number of nitrogens with zero attached hydrogens (tertiary/aromatic N) is 5. The fourth-order valence-corrected chi connectivity index (χ4v) is 4.71. The van der Waals surface area contributed by atoms with Crippen LogP contribution in [0.1, 0.15) is 17.8 Å². The third kappa shape index (κ3) is 4.06. The summed E-state index contributed by atoms with van der Waals surface area (Å²) in [6, 6.07) is 15.4. The van der Waals surface area contributed by atoms with Crippen molar-refractivity contribution in [2.24, 2.45) is 0 Å². The monoisotopic (exact) mass is 435 g/mol. The van der Waals surface area contributed by atoms with Gasteiger partial charge in [-0.05, 0) is 19.1 Å². The first-order valence-electron chi connectivity index (χ1n) is 9.24. The van der Waals surface area contributed by atoms with Gasteiger partial charge in [-0.2, -0.15) is 5.26 Å². The van der Waals surface area contributed by atoms with Gasteiger partial charge in [0.1, 0.15) is 5.01 Å². The highest BCUT2D eigenvalue weighted by atomic mass is 32.2. The fraction of sp³-hybridized carbons (Fsp3) is 0.190. The number of thiazole rings is 1. The van der Waals surface area contributed by atoms with E-state index in [9.17, 15) is 10.1 Å². The Morgan fingerprint density at radius 3 is 2.80 bits per heavy atom. The number of hydrogen-bond acceptors (Lipinski definition) is 8. The van der Waals surface area contributed by atoms with Crippen LogP contribution in [-0.4, -0.2) is 31.3 Å². The van der Waals surface area contributed by atoms with E-state index in [0.29, 0.717) is 28.3 Å². The highest BCUT2D eigenvalue weighted by Crippen LogP contribution is 2.29. The molecule has 0 saturated heterocycles. The third-order valence-corrected chi connectivity index (χ3v) is 6.31. The van der Waals surface area contributed by atoms with Crippen molar-refractivity contribution in [2.45, 2.75) is 24.5 Å². The molecule has 0 radical (unpaired) electrons. The third-order valence-electron chi connectivity index (χ3n) is 4.41. The van der Waals surface area contributed by atoms with Gasteiger partial charge in [0, 0.05) is 17.5 Å². The Labute approximate surface area is 181 Å². The Morgan fingerprint density at radius 2 is 2.10 bits per heavy atom. The van der Waals surface area contributed by atoms with Crippen LogP contribution in [0.3, 0.4) is 0 Å². The van der Waals surface area contributed by atoms with Gasteiger partial charge in [-0.1, -0.05) is 42.1 Å². The molecule has 4 aromatic rings. The number of Topliss-reactive ketones (excluding diaryl/α,β-unsaturated/α-hetero) is 1. The molecular formula is C21H17N5O2S2. The lowest BCUT2D eigenvalue weighted by Crippen LogP contribution is -2.13. The molecule has 3 heterocycles. The summed E-state index contributed by atoms with van der Waals surface area (Å²) in [5.41, 5.74) is 1.73. The smallest absolute Gasteiger partial charge is 0.200 e. The Kier molecular flexibility index (Phi) is 6.07. The van der Waals surface area contributed by atoms with E-state index in [0.717, 1.165) is 11.3 Å². The molecule has 4 rings (SSSR count). The number of benzene rings is 1. The summed E-state index contributed by atoms with van der Waals surface area (Å²) in [4.78, 5) is 17.3. The lowest BCUT2D eigenvalue weighted by molar-refractivity contribution is -0.116. The molecule has 0 fully saturated rings. The molecule has 0 N–H and O–H groups in total. The Balaban J connectivity index is 1.47. The highest BCUT2D eigenvalue weighted by Gasteiger charge is 2.25. The van der Waals surface area contributed by atoms with Crippen LogP contribution in [0.25, 0.3) is 22.8 Å². The number of nitriles is 1. The van der Waals surface area contributed by atoms with Crippen molar-refractivity contribution in [1.29, 1.82) is 5.26 Å². The van der Waals surface area contributed by atoms with Gasteiger partial charge >= 0.3 is 0 Å². The summed E-state index contributed by atoms with van der Waals surface area (Å²) in [6.07, 6.45) is 1.58. The molecule has 0 saturated carbocycles. The zero-order chi connectivity index (χ0) is 20.9. The van der Waals surface area contributed by atoms with Crippen LogP contribution >= 0.6 is 23.1 Å². The van der Waals surface area contributed by atoms with E-state index >= 15 is 0 Å². The lowest BCUT2D eigenvalue weighted by Gasteiger charge is -2.07. The summed E-state index contributed by atoms with van der Waals surface area (Å²) in [5, 5.41) is 21.0. The van der Waals surface area contributed by atoms with Crippen molar-refractivity contribution in [2.75, 3.05) is 5.75 Å². The van der Waals surface area contributed by atoms with Gasteiger partial charge in [0.2, 0.25) is 0 Å². The molecule has 150 valence electrons. The van der Waals surface area contributed by atoms with Crippen LogP contribution in [0, 0.1) is 11.3 Å². The molecule has 7 nitrogen and oxygen atoms in total. The van der Waals surface area contributed by atoms with Crippen LogP contribution in [0.15, 0.2) is 63.7 Å². The molecule has 1 atom stereocenters. The predicted molar refractivity (Wildman–Crippen MR) is 115 cm³/mol. The van der Waals surface area contributed by atoms with Crippen molar-refractivity contribution in [3.8, 4) is 28.9 Å². The number of hydrogen-bond donors (Lipinski definition) is 0. The molecular weight excluding hydrogens is 418 g/mol. The zero-order valence-corrected chi connectivity index (χ0v) is 17.7. The molecule has 30 heavy (non-hydrogen) atoms. The molecule has 0 bridgehead atoms. The van der Waals surface area contributed by atoms with Crippen molar-refractivity contribution in [1.82, 2.24) is 19.7 Å². The standard InChI is InChI=1S/C21H17N5O2S2/c1-2-26-19(18-9-6-10-28-18)24-25-21(26)30-13-17(27)15(11-22)20-23-16(12-29-20)14-7-4-3-5-8-14/h3-10,12,15H,2,13H2,1H3. The highest BCUT2D eigenvalue weighted by molar-refractivity contribution is 7.99. The summed E-state index contributed by atoms with van der Waals surface area (Å²) in [6.45, 7) is 2.61. The Morgan fingerprint density at radius 1 is 1.27 bits per heavy atom. The molecule has 1 aromatic carbocycles. The predicted octanol–water partition coefficient (Wildman–Crippen LogP) is 4.65. The van der Waals surface area contributed by atoms with E-state index in [4.69, 9.17) is 4.42 Å². The summed E-state index contributed by atoms with van der Waals surface area (Å²) < 4.78 is 7.29. The van der Waals surface area contributed by atoms with Crippen LogP contribution < -0.4 is 0 Å². The van der Waals surface area contributed by atoms with Gasteiger partial charge < -0.3 is 4.42 Å². The average molecular weight is 436 g/mol. The quantitative estimate of drug-likeness (QED) is 0.372. The van der Waals surface area contributed by atoms with E-state index < -0.39 is 5.92 Å². The number of furan rings is 1. The molecule has 1 unspecified atom stereocenters. The van der Waals surface area contributed by atoms with Gasteiger partial charge in [-0.25, -0.2) is 4.98 Å². The molecule has 3 aromatic heterocycles. The number of ketones is 1. The fourth-order valence-electron chi connectivity index (χ4n) is 2.91. The van der Waals surface area contributed by atoms with Gasteiger partial charge in [0.05, 0.1) is 23.8 Å². The molecule has 9 heteroatoms. The Hall–Kier alpha value is -3.22. The van der Waals surface area contributed by atoms with Crippen molar-refractivity contribution in [3.05, 3.63) is 59.1 Å². The second kappa shape index (κ2) is 9.07. The summed E-state index contributed by atoms with van der Waals surface area (Å²) in [5.74, 6) is 0.230. The number of carbonyl (C=O) groups is 1. The lowest BCUT2D eigenvalue weighted by atomic mass is 10.1. The van der Waals surface area contributed by atoms with E-state index in [1.807, 2.05) is 53.3 Å². The molecule has 0 aliphatic heterocycles. The van der Waals surface area contributed by atoms with Gasteiger partial charge in [0.25, 0.3) is 0 Å². The van der Waals surface area contributed by atoms with Gasteiger partial charge in [-0.15, -0.1) is 21.5 Å². The first kappa shape index (κ1) is 20.1. The zero-order valence-electron chi connectivity index (χ0n) is 16.1. The minimum Gasteiger partial charge on any atom is -0.461 e. The van der Waals surface area contributed by atoms with Gasteiger partial charge in [-0.3, -0.25) is 9.36 Å². The number of rotatable bonds is 8. The first-order valence-corrected chi connectivity index (χ1v) is 11.1. The van der Waals surface area contributed by atoms with Crippen molar-refractivity contribution < 1.29 is 9.21 Å². The van der Waals surface area contributed by atoms with Crippen molar-refractivity contribution >= 4 is 28.9 Å². The van der Waals surface area contributed by atoms with E-state index in [1.54, 1.807) is 12.3 Å². The molecule has 0 amide bonds. The normalized spacial score (nSPS) is 11.9. The number of thioether (sulfide) groups is 1. The molecule has 0 aliphatic carbocycles. The SMILES string of the molecule is CCn1c(SCC(=O)C(C#N)c2nc(-c3ccccc3)cs2)nnc1-c1ccco1. The van der Waals surface area contributed by atoms with E-state index in [1.165, 1.54) is 23.1 Å². The van der Waals surface area contributed by atoms with Crippen LogP contribution in [0.2, 0.25) is 0 Å². The van der Waals surface area contributed by atoms with Gasteiger partial charge in [0.15, 0.2) is 28.4 Å². The van der Waals surface area contributed by atoms with Crippen molar-refractivity contribution in [3.63, 3.8) is 0 Å². The average Bonchev–Trinajstić information content (AvgIpc) is 3.53. The molecule has 0 spiro atoms. The summed E-state index contributed by atoms with van der Waals surface area (Å²) in [7, 11) is 0. The maximum Gasteiger partial charge on any atom is 0.200 e. The second-order valence-corrected chi connectivity index (χ2v) is 8.11.